The van der Waals surface area contributed by atoms with E-state index in [1.807, 2.05) is 11.8 Å². The van der Waals surface area contributed by atoms with Crippen molar-refractivity contribution in [3.05, 3.63) is 11.9 Å². The molecule has 0 aromatic rings. The third-order valence-corrected chi connectivity index (χ3v) is 7.07. The van der Waals surface area contributed by atoms with Crippen molar-refractivity contribution in [1.82, 2.24) is 15.6 Å². The molecular weight excluding hydrogens is 462 g/mol. The maximum absolute atomic E-state index is 11.8. The van der Waals surface area contributed by atoms with E-state index in [2.05, 4.69) is 10.6 Å². The molecule has 2 aliphatic rings. The lowest BCUT2D eigenvalue weighted by Gasteiger charge is -2.16. The van der Waals surface area contributed by atoms with E-state index in [-0.39, 0.29) is 30.7 Å². The summed E-state index contributed by atoms with van der Waals surface area (Å²) < 4.78 is 21.1. The number of nitrogens with two attached hydrogens (primary N) is 2. The standard InChI is InChI=1S/C22H41N5O6S/c1-30-9-4-5-17(23)15-27(24)8-10-31-11-12-32-13-14-33-20(28)7-3-2-6-19-21-18(16-34-19)25-22(29)26-21/h15,18-19,21H,2-14,16,23-24H2,1H3,(H2,25,26,29)/b17-15-. The molecule has 2 heterocycles. The molecule has 2 fully saturated rings. The molecule has 2 saturated heterocycles. The van der Waals surface area contributed by atoms with Gasteiger partial charge in [0, 0.05) is 43.0 Å². The van der Waals surface area contributed by atoms with Crippen LogP contribution in [-0.4, -0.2) is 93.4 Å². The van der Waals surface area contributed by atoms with Crippen LogP contribution in [0.25, 0.3) is 0 Å². The molecule has 2 amide bonds. The van der Waals surface area contributed by atoms with E-state index in [1.54, 1.807) is 13.3 Å². The lowest BCUT2D eigenvalue weighted by atomic mass is 10.0. The largest absolute Gasteiger partial charge is 0.463 e. The molecule has 6 N–H and O–H groups in total. The van der Waals surface area contributed by atoms with Crippen LogP contribution in [-0.2, 0) is 23.7 Å². The highest BCUT2D eigenvalue weighted by Crippen LogP contribution is 2.33. The second kappa shape index (κ2) is 16.8. The zero-order valence-electron chi connectivity index (χ0n) is 20.2. The van der Waals surface area contributed by atoms with Gasteiger partial charge in [0.05, 0.1) is 45.1 Å². The number of esters is 1. The lowest BCUT2D eigenvalue weighted by molar-refractivity contribution is -0.145. The van der Waals surface area contributed by atoms with Crippen molar-refractivity contribution >= 4 is 23.8 Å². The Hall–Kier alpha value is -1.73. The van der Waals surface area contributed by atoms with Gasteiger partial charge in [0.25, 0.3) is 0 Å². The first-order valence-corrected chi connectivity index (χ1v) is 13.0. The van der Waals surface area contributed by atoms with E-state index < -0.39 is 0 Å². The molecule has 0 aliphatic carbocycles. The van der Waals surface area contributed by atoms with E-state index in [0.29, 0.717) is 56.9 Å². The summed E-state index contributed by atoms with van der Waals surface area (Å²) in [5.74, 6) is 6.61. The highest BCUT2D eigenvalue weighted by Gasteiger charge is 2.42. The Kier molecular flexibility index (Phi) is 14.1. The van der Waals surface area contributed by atoms with Crippen molar-refractivity contribution in [2.24, 2.45) is 11.6 Å². The molecule has 3 unspecified atom stereocenters. The summed E-state index contributed by atoms with van der Waals surface area (Å²) in [4.78, 5) is 23.2. The van der Waals surface area contributed by atoms with E-state index in [1.165, 1.54) is 5.01 Å². The first-order chi connectivity index (χ1) is 16.5. The van der Waals surface area contributed by atoms with Gasteiger partial charge >= 0.3 is 12.0 Å². The van der Waals surface area contributed by atoms with E-state index in [9.17, 15) is 9.59 Å². The number of hydrogen-bond donors (Lipinski definition) is 4. The van der Waals surface area contributed by atoms with Crippen LogP contribution < -0.4 is 22.2 Å². The Morgan fingerprint density at radius 1 is 1.09 bits per heavy atom. The van der Waals surface area contributed by atoms with Gasteiger partial charge in [-0.15, -0.1) is 0 Å². The molecule has 0 aromatic heterocycles. The summed E-state index contributed by atoms with van der Waals surface area (Å²) >= 11 is 1.89. The number of allylic oxidation sites excluding steroid dienone is 1. The number of carbonyl (C=O) groups excluding carboxylic acids is 2. The van der Waals surface area contributed by atoms with E-state index in [4.69, 9.17) is 30.5 Å². The summed E-state index contributed by atoms with van der Waals surface area (Å²) in [5.41, 5.74) is 6.60. The topological polar surface area (TPSA) is 150 Å². The van der Waals surface area contributed by atoms with Gasteiger partial charge in [0.2, 0.25) is 0 Å². The molecule has 2 aliphatic heterocycles. The normalized spacial score (nSPS) is 21.8. The Bertz CT molecular complexity index is 641. The zero-order valence-corrected chi connectivity index (χ0v) is 21.0. The lowest BCUT2D eigenvalue weighted by Crippen LogP contribution is -2.36. The quantitative estimate of drug-likeness (QED) is 0.0652. The minimum atomic E-state index is -0.203. The number of fused-ring (bicyclic) bond motifs is 1. The van der Waals surface area contributed by atoms with Crippen molar-refractivity contribution < 1.29 is 28.5 Å². The van der Waals surface area contributed by atoms with Gasteiger partial charge in [0.15, 0.2) is 0 Å². The highest BCUT2D eigenvalue weighted by atomic mass is 32.2. The van der Waals surface area contributed by atoms with Gasteiger partial charge in [-0.2, -0.15) is 11.8 Å². The molecule has 0 radical (unpaired) electrons. The van der Waals surface area contributed by atoms with Crippen LogP contribution in [0.4, 0.5) is 4.79 Å². The fourth-order valence-corrected chi connectivity index (χ4v) is 5.34. The smallest absolute Gasteiger partial charge is 0.315 e. The molecule has 2 rings (SSSR count). The number of nitrogens with zero attached hydrogens (tertiary/aromatic N) is 1. The maximum atomic E-state index is 11.8. The Labute approximate surface area is 206 Å². The third-order valence-electron chi connectivity index (χ3n) is 5.56. The van der Waals surface area contributed by atoms with Gasteiger partial charge in [-0.05, 0) is 25.7 Å². The van der Waals surface area contributed by atoms with Crippen molar-refractivity contribution in [1.29, 1.82) is 0 Å². The molecule has 196 valence electrons. The number of hydrazine groups is 1. The number of methoxy groups -OCH3 is 1. The van der Waals surface area contributed by atoms with Crippen LogP contribution in [0.3, 0.4) is 0 Å². The van der Waals surface area contributed by atoms with Gasteiger partial charge in [-0.1, -0.05) is 6.42 Å². The first-order valence-electron chi connectivity index (χ1n) is 12.0. The van der Waals surface area contributed by atoms with Crippen LogP contribution in [0.5, 0.6) is 0 Å². The van der Waals surface area contributed by atoms with E-state index >= 15 is 0 Å². The third kappa shape index (κ3) is 11.6. The van der Waals surface area contributed by atoms with Crippen LogP contribution in [0, 0.1) is 0 Å². The predicted octanol–water partition coefficient (Wildman–Crippen LogP) is 0.691. The second-order valence-electron chi connectivity index (χ2n) is 8.35. The summed E-state index contributed by atoms with van der Waals surface area (Å²) in [5, 5.41) is 7.86. The minimum absolute atomic E-state index is 0.0667. The van der Waals surface area contributed by atoms with Crippen LogP contribution in [0.1, 0.15) is 38.5 Å². The SMILES string of the molecule is COCCC/C(N)=C/N(N)CCOCCOCCOC(=O)CCCCC1SCC2NC(=O)NC21. The Morgan fingerprint density at radius 2 is 1.85 bits per heavy atom. The molecule has 34 heavy (non-hydrogen) atoms. The van der Waals surface area contributed by atoms with Crippen LogP contribution in [0.15, 0.2) is 11.9 Å². The second-order valence-corrected chi connectivity index (χ2v) is 9.62. The summed E-state index contributed by atoms with van der Waals surface area (Å²) in [6.07, 6.45) is 6.42. The number of ether oxygens (including phenoxy) is 4. The van der Waals surface area contributed by atoms with Crippen LogP contribution >= 0.6 is 11.8 Å². The average molecular weight is 504 g/mol. The zero-order chi connectivity index (χ0) is 24.6. The molecule has 11 nitrogen and oxygen atoms in total. The number of hydrogen-bond acceptors (Lipinski definition) is 10. The number of rotatable bonds is 19. The summed E-state index contributed by atoms with van der Waals surface area (Å²) in [6, 6.07) is 0.390. The fourth-order valence-electron chi connectivity index (χ4n) is 3.80. The number of amides is 2. The Morgan fingerprint density at radius 3 is 2.65 bits per heavy atom. The van der Waals surface area contributed by atoms with Crippen molar-refractivity contribution in [3.63, 3.8) is 0 Å². The minimum Gasteiger partial charge on any atom is -0.463 e. The first kappa shape index (κ1) is 28.5. The van der Waals surface area contributed by atoms with E-state index in [0.717, 1.165) is 37.9 Å². The Balaban J connectivity index is 1.35. The van der Waals surface area contributed by atoms with Gasteiger partial charge in [-0.25, -0.2) is 10.6 Å². The summed E-state index contributed by atoms with van der Waals surface area (Å²) in [6.45, 7) is 3.09. The molecule has 12 heteroatoms. The number of thioether (sulfide) groups is 1. The van der Waals surface area contributed by atoms with Gasteiger partial charge in [-0.3, -0.25) is 4.79 Å². The van der Waals surface area contributed by atoms with Crippen LogP contribution in [0.2, 0.25) is 0 Å². The van der Waals surface area contributed by atoms with Crippen molar-refractivity contribution in [2.75, 3.05) is 59.0 Å². The van der Waals surface area contributed by atoms with Gasteiger partial charge in [0.1, 0.15) is 6.61 Å². The number of urea groups is 1. The predicted molar refractivity (Wildman–Crippen MR) is 131 cm³/mol. The fraction of sp³-hybridized carbons (Fsp3) is 0.818. The summed E-state index contributed by atoms with van der Waals surface area (Å²) in [7, 11) is 1.66. The molecule has 0 bridgehead atoms. The maximum Gasteiger partial charge on any atom is 0.315 e. The monoisotopic (exact) mass is 503 g/mol. The molecule has 0 saturated carbocycles. The molecule has 0 spiro atoms. The number of unbranched alkanes of at least 4 members (excludes halogenated alkanes) is 1. The number of carbonyl (C=O) groups is 2. The van der Waals surface area contributed by atoms with Gasteiger partial charge < -0.3 is 40.3 Å². The molecular formula is C22H41N5O6S. The number of nitrogens with one attached hydrogen (secondary N) is 2. The average Bonchev–Trinajstić information content (AvgIpc) is 3.35. The van der Waals surface area contributed by atoms with Crippen molar-refractivity contribution in [2.45, 2.75) is 55.9 Å². The molecule has 0 aromatic carbocycles. The molecule has 3 atom stereocenters. The highest BCUT2D eigenvalue weighted by molar-refractivity contribution is 8.00. The van der Waals surface area contributed by atoms with Crippen molar-refractivity contribution in [3.8, 4) is 0 Å².